The minimum atomic E-state index is -0.0900. The van der Waals surface area contributed by atoms with Gasteiger partial charge in [-0.05, 0) is 24.8 Å². The molecule has 1 aliphatic carbocycles. The summed E-state index contributed by atoms with van der Waals surface area (Å²) in [6.45, 7) is 1.87. The number of rotatable bonds is 4. The van der Waals surface area contributed by atoms with Crippen LogP contribution in [0.2, 0.25) is 0 Å². The molecule has 1 heterocycles. The Labute approximate surface area is 103 Å². The zero-order valence-electron chi connectivity index (χ0n) is 10.5. The van der Waals surface area contributed by atoms with Crippen molar-refractivity contribution in [3.8, 4) is 0 Å². The van der Waals surface area contributed by atoms with E-state index < -0.39 is 0 Å². The van der Waals surface area contributed by atoms with Crippen molar-refractivity contribution in [3.63, 3.8) is 0 Å². The largest absolute Gasteiger partial charge is 0.460 e. The number of nitrogens with two attached hydrogens (primary N) is 1. The summed E-state index contributed by atoms with van der Waals surface area (Å²) in [4.78, 5) is 11.9. The first kappa shape index (κ1) is 12.8. The predicted octanol–water partition coefficient (Wildman–Crippen LogP) is 1.62. The van der Waals surface area contributed by atoms with Gasteiger partial charge in [-0.25, -0.2) is 0 Å². The molecule has 1 unspecified atom stereocenters. The van der Waals surface area contributed by atoms with E-state index in [9.17, 15) is 4.79 Å². The van der Waals surface area contributed by atoms with E-state index in [1.807, 2.05) is 0 Å². The molecule has 1 saturated heterocycles. The van der Waals surface area contributed by atoms with Gasteiger partial charge in [0.2, 0.25) is 0 Å². The Hall–Kier alpha value is -0.610. The predicted molar refractivity (Wildman–Crippen MR) is 64.5 cm³/mol. The molecule has 0 bridgehead atoms. The summed E-state index contributed by atoms with van der Waals surface area (Å²) in [7, 11) is 0. The van der Waals surface area contributed by atoms with E-state index in [0.29, 0.717) is 26.2 Å². The minimum Gasteiger partial charge on any atom is -0.460 e. The van der Waals surface area contributed by atoms with E-state index >= 15 is 0 Å². The van der Waals surface area contributed by atoms with Crippen LogP contribution < -0.4 is 5.73 Å². The summed E-state index contributed by atoms with van der Waals surface area (Å²) in [6.07, 6.45) is 7.09. The van der Waals surface area contributed by atoms with E-state index in [4.69, 9.17) is 15.2 Å². The lowest BCUT2D eigenvalue weighted by Gasteiger charge is -2.35. The van der Waals surface area contributed by atoms with Crippen LogP contribution in [-0.4, -0.2) is 31.8 Å². The standard InChI is InChI=1S/C13H23NO3/c14-10-13(5-2-1-3-6-13)8-12(15)17-11-4-7-16-9-11/h11H,1-10,14H2. The van der Waals surface area contributed by atoms with Crippen molar-refractivity contribution in [2.75, 3.05) is 19.8 Å². The maximum Gasteiger partial charge on any atom is 0.306 e. The number of esters is 1. The normalized spacial score (nSPS) is 27.9. The first-order valence-electron chi connectivity index (χ1n) is 6.71. The zero-order valence-corrected chi connectivity index (χ0v) is 10.5. The van der Waals surface area contributed by atoms with Crippen LogP contribution in [0.5, 0.6) is 0 Å². The molecule has 0 aromatic carbocycles. The Morgan fingerprint density at radius 3 is 2.71 bits per heavy atom. The maximum atomic E-state index is 11.9. The van der Waals surface area contributed by atoms with Crippen molar-refractivity contribution in [1.29, 1.82) is 0 Å². The van der Waals surface area contributed by atoms with Gasteiger partial charge in [-0.3, -0.25) is 4.79 Å². The number of carbonyl (C=O) groups is 1. The van der Waals surface area contributed by atoms with Gasteiger partial charge < -0.3 is 15.2 Å². The molecule has 0 aromatic rings. The van der Waals surface area contributed by atoms with Crippen molar-refractivity contribution in [3.05, 3.63) is 0 Å². The van der Waals surface area contributed by atoms with Gasteiger partial charge in [0.1, 0.15) is 6.10 Å². The summed E-state index contributed by atoms with van der Waals surface area (Å²) in [5, 5.41) is 0. The van der Waals surface area contributed by atoms with Gasteiger partial charge in [0.15, 0.2) is 0 Å². The second-order valence-corrected chi connectivity index (χ2v) is 5.42. The SMILES string of the molecule is NCC1(CC(=O)OC2CCOC2)CCCCC1. The first-order valence-corrected chi connectivity index (χ1v) is 6.71. The number of ether oxygens (including phenoxy) is 2. The van der Waals surface area contributed by atoms with Crippen molar-refractivity contribution in [2.45, 2.75) is 51.0 Å². The van der Waals surface area contributed by atoms with Crippen molar-refractivity contribution >= 4 is 5.97 Å². The quantitative estimate of drug-likeness (QED) is 0.760. The summed E-state index contributed by atoms with van der Waals surface area (Å²) in [5.74, 6) is -0.0900. The van der Waals surface area contributed by atoms with E-state index in [1.165, 1.54) is 19.3 Å². The molecule has 98 valence electrons. The molecule has 0 spiro atoms. The lowest BCUT2D eigenvalue weighted by Crippen LogP contribution is -2.36. The van der Waals surface area contributed by atoms with Crippen LogP contribution in [0.3, 0.4) is 0 Å². The molecule has 0 amide bonds. The highest BCUT2D eigenvalue weighted by molar-refractivity contribution is 5.70. The van der Waals surface area contributed by atoms with Gasteiger partial charge >= 0.3 is 5.97 Å². The third-order valence-corrected chi connectivity index (χ3v) is 4.05. The molecule has 1 saturated carbocycles. The molecule has 2 aliphatic rings. The molecule has 1 aliphatic heterocycles. The summed E-state index contributed by atoms with van der Waals surface area (Å²) in [5.41, 5.74) is 5.87. The molecular formula is C13H23NO3. The van der Waals surface area contributed by atoms with Crippen molar-refractivity contribution < 1.29 is 14.3 Å². The highest BCUT2D eigenvalue weighted by atomic mass is 16.6. The second-order valence-electron chi connectivity index (χ2n) is 5.42. The molecule has 4 heteroatoms. The van der Waals surface area contributed by atoms with E-state index in [2.05, 4.69) is 0 Å². The third kappa shape index (κ3) is 3.42. The van der Waals surface area contributed by atoms with Crippen LogP contribution in [0.1, 0.15) is 44.9 Å². The Bertz CT molecular complexity index is 255. The van der Waals surface area contributed by atoms with Crippen LogP contribution in [0.4, 0.5) is 0 Å². The molecule has 2 fully saturated rings. The fraction of sp³-hybridized carbons (Fsp3) is 0.923. The van der Waals surface area contributed by atoms with Crippen LogP contribution >= 0.6 is 0 Å². The number of hydrogen-bond donors (Lipinski definition) is 1. The first-order chi connectivity index (χ1) is 8.24. The van der Waals surface area contributed by atoms with E-state index in [1.54, 1.807) is 0 Å². The molecule has 1 atom stereocenters. The Morgan fingerprint density at radius 1 is 1.35 bits per heavy atom. The van der Waals surface area contributed by atoms with Gasteiger partial charge in [-0.15, -0.1) is 0 Å². The molecule has 0 radical (unpaired) electrons. The minimum absolute atomic E-state index is 0.00872. The highest BCUT2D eigenvalue weighted by Crippen LogP contribution is 2.38. The van der Waals surface area contributed by atoms with Crippen molar-refractivity contribution in [1.82, 2.24) is 0 Å². The Balaban J connectivity index is 1.82. The maximum absolute atomic E-state index is 11.9. The lowest BCUT2D eigenvalue weighted by molar-refractivity contribution is -0.152. The van der Waals surface area contributed by atoms with Gasteiger partial charge in [-0.2, -0.15) is 0 Å². The van der Waals surface area contributed by atoms with E-state index in [0.717, 1.165) is 19.3 Å². The van der Waals surface area contributed by atoms with E-state index in [-0.39, 0.29) is 17.5 Å². The summed E-state index contributed by atoms with van der Waals surface area (Å²) in [6, 6.07) is 0. The van der Waals surface area contributed by atoms with Crippen LogP contribution in [0, 0.1) is 5.41 Å². The topological polar surface area (TPSA) is 61.6 Å². The smallest absolute Gasteiger partial charge is 0.306 e. The third-order valence-electron chi connectivity index (χ3n) is 4.05. The average Bonchev–Trinajstić information content (AvgIpc) is 2.83. The zero-order chi connectivity index (χ0) is 12.1. The molecule has 0 aromatic heterocycles. The molecule has 4 nitrogen and oxygen atoms in total. The average molecular weight is 241 g/mol. The lowest BCUT2D eigenvalue weighted by atomic mass is 9.72. The Morgan fingerprint density at radius 2 is 2.12 bits per heavy atom. The highest BCUT2D eigenvalue weighted by Gasteiger charge is 2.34. The summed E-state index contributed by atoms with van der Waals surface area (Å²) >= 11 is 0. The number of hydrogen-bond acceptors (Lipinski definition) is 4. The van der Waals surface area contributed by atoms with Crippen LogP contribution in [0.15, 0.2) is 0 Å². The van der Waals surface area contributed by atoms with Crippen molar-refractivity contribution in [2.24, 2.45) is 11.1 Å². The van der Waals surface area contributed by atoms with Gasteiger partial charge in [-0.1, -0.05) is 19.3 Å². The Kier molecular flexibility index (Phi) is 4.40. The number of carbonyl (C=O) groups excluding carboxylic acids is 1. The molecular weight excluding hydrogens is 218 g/mol. The molecule has 2 N–H and O–H groups in total. The van der Waals surface area contributed by atoms with Crippen LogP contribution in [0.25, 0.3) is 0 Å². The van der Waals surface area contributed by atoms with Crippen LogP contribution in [-0.2, 0) is 14.3 Å². The molecule has 2 rings (SSSR count). The summed E-state index contributed by atoms with van der Waals surface area (Å²) < 4.78 is 10.6. The fourth-order valence-electron chi connectivity index (χ4n) is 2.89. The molecule has 17 heavy (non-hydrogen) atoms. The van der Waals surface area contributed by atoms with Gasteiger partial charge in [0.05, 0.1) is 19.6 Å². The fourth-order valence-corrected chi connectivity index (χ4v) is 2.89. The second kappa shape index (κ2) is 5.83. The monoisotopic (exact) mass is 241 g/mol. The van der Waals surface area contributed by atoms with Gasteiger partial charge in [0.25, 0.3) is 0 Å². The van der Waals surface area contributed by atoms with Gasteiger partial charge in [0, 0.05) is 6.42 Å².